The first-order chi connectivity index (χ1) is 9.94. The van der Waals surface area contributed by atoms with Gasteiger partial charge in [-0.15, -0.1) is 0 Å². The van der Waals surface area contributed by atoms with Crippen LogP contribution >= 0.6 is 11.6 Å². The van der Waals surface area contributed by atoms with E-state index in [1.54, 1.807) is 6.07 Å². The number of aliphatic hydroxyl groups is 1. The third kappa shape index (κ3) is 5.15. The first kappa shape index (κ1) is 16.6. The van der Waals surface area contributed by atoms with E-state index in [0.717, 1.165) is 24.4 Å². The first-order valence-electron chi connectivity index (χ1n) is 7.39. The summed E-state index contributed by atoms with van der Waals surface area (Å²) in [5.74, 6) is 0.766. The van der Waals surface area contributed by atoms with Gasteiger partial charge in [0.1, 0.15) is 18.5 Å². The Kier molecular flexibility index (Phi) is 5.88. The van der Waals surface area contributed by atoms with Crippen LogP contribution in [-0.4, -0.2) is 54.6 Å². The number of hydrogen-bond acceptors (Lipinski definition) is 4. The molecule has 118 valence electrons. The van der Waals surface area contributed by atoms with E-state index >= 15 is 0 Å². The summed E-state index contributed by atoms with van der Waals surface area (Å²) >= 11 is 5.91. The van der Waals surface area contributed by atoms with Crippen molar-refractivity contribution in [1.29, 1.82) is 0 Å². The molecule has 2 rings (SSSR count). The number of rotatable bonds is 5. The monoisotopic (exact) mass is 313 g/mol. The van der Waals surface area contributed by atoms with Crippen molar-refractivity contribution in [3.63, 3.8) is 0 Å². The van der Waals surface area contributed by atoms with Gasteiger partial charge in [-0.25, -0.2) is 0 Å². The molecule has 1 saturated heterocycles. The molecule has 1 aromatic carbocycles. The number of nitrogens with zero attached hydrogens (tertiary/aromatic N) is 1. The number of aryl methyl sites for hydroxylation is 1. The summed E-state index contributed by atoms with van der Waals surface area (Å²) < 4.78 is 11.4. The van der Waals surface area contributed by atoms with Gasteiger partial charge < -0.3 is 14.6 Å². The van der Waals surface area contributed by atoms with Crippen LogP contribution < -0.4 is 4.74 Å². The predicted octanol–water partition coefficient (Wildman–Crippen LogP) is 2.50. The molecular weight excluding hydrogens is 290 g/mol. The Hall–Kier alpha value is -0.810. The average molecular weight is 314 g/mol. The maximum Gasteiger partial charge on any atom is 0.122 e. The van der Waals surface area contributed by atoms with Gasteiger partial charge in [-0.3, -0.25) is 4.90 Å². The quantitative estimate of drug-likeness (QED) is 0.907. The lowest BCUT2D eigenvalue weighted by Crippen LogP contribution is -2.48. The van der Waals surface area contributed by atoms with Gasteiger partial charge in [0.2, 0.25) is 0 Å². The van der Waals surface area contributed by atoms with E-state index in [-0.39, 0.29) is 18.8 Å². The Morgan fingerprint density at radius 3 is 2.67 bits per heavy atom. The minimum atomic E-state index is -0.516. The second kappa shape index (κ2) is 7.45. The van der Waals surface area contributed by atoms with Gasteiger partial charge in [0, 0.05) is 24.7 Å². The Morgan fingerprint density at radius 1 is 1.38 bits per heavy atom. The number of hydrogen-bond donors (Lipinski definition) is 1. The largest absolute Gasteiger partial charge is 0.491 e. The highest BCUT2D eigenvalue weighted by Crippen LogP contribution is 2.22. The summed E-state index contributed by atoms with van der Waals surface area (Å²) in [6.07, 6.45) is -0.0988. The highest BCUT2D eigenvalue weighted by atomic mass is 35.5. The highest BCUT2D eigenvalue weighted by molar-refractivity contribution is 6.30. The first-order valence-corrected chi connectivity index (χ1v) is 7.76. The summed E-state index contributed by atoms with van der Waals surface area (Å²) in [6, 6.07) is 5.49. The number of β-amino-alcohol motifs (C(OH)–C–C–N with tert-alkyl or cyclic N) is 1. The molecule has 1 heterocycles. The van der Waals surface area contributed by atoms with Crippen LogP contribution in [0.1, 0.15) is 19.4 Å². The van der Waals surface area contributed by atoms with Crippen molar-refractivity contribution in [3.8, 4) is 5.75 Å². The normalized spacial score (nSPS) is 24.8. The molecule has 3 atom stereocenters. The zero-order valence-corrected chi connectivity index (χ0v) is 13.6. The summed E-state index contributed by atoms with van der Waals surface area (Å²) in [7, 11) is 0. The highest BCUT2D eigenvalue weighted by Gasteiger charge is 2.23. The van der Waals surface area contributed by atoms with Gasteiger partial charge in [0.25, 0.3) is 0 Å². The minimum Gasteiger partial charge on any atom is -0.491 e. The third-order valence-electron chi connectivity index (χ3n) is 3.53. The molecule has 5 heteroatoms. The predicted molar refractivity (Wildman–Crippen MR) is 84.1 cm³/mol. The number of morpholine rings is 1. The van der Waals surface area contributed by atoms with Gasteiger partial charge in [0.15, 0.2) is 0 Å². The second-order valence-corrected chi connectivity index (χ2v) is 6.29. The molecule has 0 aromatic heterocycles. The van der Waals surface area contributed by atoms with Crippen LogP contribution in [0.15, 0.2) is 18.2 Å². The van der Waals surface area contributed by atoms with Crippen LogP contribution in [-0.2, 0) is 4.74 Å². The van der Waals surface area contributed by atoms with E-state index in [1.165, 1.54) is 0 Å². The molecule has 0 saturated carbocycles. The standard InChI is InChI=1S/C16H24ClNO3/c1-11-6-14(17)4-5-16(11)20-10-15(19)9-18-7-12(2)21-13(3)8-18/h4-6,12-13,15,19H,7-10H2,1-3H3/t12-,13+,15-/m0/s1. The smallest absolute Gasteiger partial charge is 0.122 e. The van der Waals surface area contributed by atoms with Crippen molar-refractivity contribution >= 4 is 11.6 Å². The Bertz CT molecular complexity index is 459. The fourth-order valence-electron chi connectivity index (χ4n) is 2.74. The lowest BCUT2D eigenvalue weighted by molar-refractivity contribution is -0.0786. The number of aliphatic hydroxyl groups excluding tert-OH is 1. The van der Waals surface area contributed by atoms with Gasteiger partial charge in [-0.05, 0) is 44.5 Å². The number of ether oxygens (including phenoxy) is 2. The zero-order chi connectivity index (χ0) is 15.4. The van der Waals surface area contributed by atoms with Crippen LogP contribution in [0.3, 0.4) is 0 Å². The van der Waals surface area contributed by atoms with Crippen LogP contribution in [0.5, 0.6) is 5.75 Å². The molecule has 4 nitrogen and oxygen atoms in total. The molecule has 21 heavy (non-hydrogen) atoms. The topological polar surface area (TPSA) is 41.9 Å². The van der Waals surface area contributed by atoms with Gasteiger partial charge in [0.05, 0.1) is 12.2 Å². The van der Waals surface area contributed by atoms with E-state index in [4.69, 9.17) is 21.1 Å². The lowest BCUT2D eigenvalue weighted by Gasteiger charge is -2.36. The Balaban J connectivity index is 1.80. The minimum absolute atomic E-state index is 0.209. The van der Waals surface area contributed by atoms with Crippen molar-refractivity contribution in [3.05, 3.63) is 28.8 Å². The summed E-state index contributed by atoms with van der Waals surface area (Å²) in [5.41, 5.74) is 0.975. The average Bonchev–Trinajstić information content (AvgIpc) is 2.36. The van der Waals surface area contributed by atoms with Crippen molar-refractivity contribution in [2.75, 3.05) is 26.2 Å². The second-order valence-electron chi connectivity index (χ2n) is 5.85. The van der Waals surface area contributed by atoms with Crippen molar-refractivity contribution < 1.29 is 14.6 Å². The molecule has 1 N–H and O–H groups in total. The van der Waals surface area contributed by atoms with Gasteiger partial charge in [-0.2, -0.15) is 0 Å². The maximum atomic E-state index is 10.1. The van der Waals surface area contributed by atoms with E-state index in [2.05, 4.69) is 18.7 Å². The Morgan fingerprint density at radius 2 is 2.05 bits per heavy atom. The fourth-order valence-corrected chi connectivity index (χ4v) is 2.97. The van der Waals surface area contributed by atoms with Crippen molar-refractivity contribution in [2.24, 2.45) is 0 Å². The van der Waals surface area contributed by atoms with E-state index in [0.29, 0.717) is 11.6 Å². The van der Waals surface area contributed by atoms with Crippen LogP contribution in [0, 0.1) is 6.92 Å². The molecule has 0 aliphatic carbocycles. The van der Waals surface area contributed by atoms with E-state index < -0.39 is 6.10 Å². The van der Waals surface area contributed by atoms with Crippen LogP contribution in [0.2, 0.25) is 5.02 Å². The molecule has 0 spiro atoms. The molecule has 1 aliphatic heterocycles. The van der Waals surface area contributed by atoms with E-state index in [9.17, 15) is 5.11 Å². The van der Waals surface area contributed by atoms with Gasteiger partial charge >= 0.3 is 0 Å². The summed E-state index contributed by atoms with van der Waals surface area (Å²) in [4.78, 5) is 2.22. The summed E-state index contributed by atoms with van der Waals surface area (Å²) in [5, 5.41) is 10.8. The molecule has 0 amide bonds. The number of halogens is 1. The molecule has 0 unspecified atom stereocenters. The van der Waals surface area contributed by atoms with Crippen LogP contribution in [0.25, 0.3) is 0 Å². The summed E-state index contributed by atoms with van der Waals surface area (Å²) in [6.45, 7) is 8.64. The molecule has 0 radical (unpaired) electrons. The third-order valence-corrected chi connectivity index (χ3v) is 3.77. The Labute approximate surface area is 131 Å². The molecule has 0 bridgehead atoms. The fraction of sp³-hybridized carbons (Fsp3) is 0.625. The van der Waals surface area contributed by atoms with E-state index in [1.807, 2.05) is 19.1 Å². The SMILES string of the molecule is Cc1cc(Cl)ccc1OC[C@@H](O)CN1C[C@@H](C)O[C@@H](C)C1. The van der Waals surface area contributed by atoms with Gasteiger partial charge in [-0.1, -0.05) is 11.6 Å². The maximum absolute atomic E-state index is 10.1. The number of benzene rings is 1. The van der Waals surface area contributed by atoms with Crippen LogP contribution in [0.4, 0.5) is 0 Å². The van der Waals surface area contributed by atoms with Crippen molar-refractivity contribution in [1.82, 2.24) is 4.90 Å². The van der Waals surface area contributed by atoms with Crippen molar-refractivity contribution in [2.45, 2.75) is 39.1 Å². The lowest BCUT2D eigenvalue weighted by atomic mass is 10.2. The molecule has 1 aliphatic rings. The molecule has 1 aromatic rings. The molecule has 1 fully saturated rings. The zero-order valence-electron chi connectivity index (χ0n) is 12.9. The molecular formula is C16H24ClNO3.